The lowest BCUT2D eigenvalue weighted by Gasteiger charge is -2.22. The van der Waals surface area contributed by atoms with E-state index in [0.29, 0.717) is 19.6 Å². The number of benzene rings is 1. The van der Waals surface area contributed by atoms with Crippen molar-refractivity contribution in [2.45, 2.75) is 45.1 Å². The number of rotatable bonds is 9. The second-order valence-electron chi connectivity index (χ2n) is 4.95. The second kappa shape index (κ2) is 8.73. The Labute approximate surface area is 133 Å². The molecule has 0 heterocycles. The monoisotopic (exact) mass is 332 g/mol. The van der Waals surface area contributed by atoms with Gasteiger partial charge in [-0.3, -0.25) is 0 Å². The minimum atomic E-state index is -3.53. The molecule has 6 heteroatoms. The maximum Gasteiger partial charge on any atom is 0.244 e. The van der Waals surface area contributed by atoms with Crippen LogP contribution < -0.4 is 5.32 Å². The van der Waals surface area contributed by atoms with Gasteiger partial charge >= 0.3 is 0 Å². The van der Waals surface area contributed by atoms with Crippen molar-refractivity contribution in [2.75, 3.05) is 19.6 Å². The highest BCUT2D eigenvalue weighted by molar-refractivity contribution is 7.89. The predicted octanol–water partition coefficient (Wildman–Crippen LogP) is 3.26. The fraction of sp³-hybridized carbons (Fsp3) is 0.600. The Kier molecular flexibility index (Phi) is 7.66. The quantitative estimate of drug-likeness (QED) is 0.755. The minimum absolute atomic E-state index is 0.210. The highest BCUT2D eigenvalue weighted by Crippen LogP contribution is 2.26. The van der Waals surface area contributed by atoms with Crippen molar-refractivity contribution >= 4 is 21.6 Å². The Morgan fingerprint density at radius 1 is 1.14 bits per heavy atom. The van der Waals surface area contributed by atoms with Crippen molar-refractivity contribution in [3.8, 4) is 0 Å². The molecule has 0 unspecified atom stereocenters. The van der Waals surface area contributed by atoms with Gasteiger partial charge in [0.1, 0.15) is 4.90 Å². The average Bonchev–Trinajstić information content (AvgIpc) is 2.46. The first-order valence-corrected chi connectivity index (χ1v) is 9.28. The number of nitrogens with zero attached hydrogens (tertiary/aromatic N) is 1. The van der Waals surface area contributed by atoms with Crippen molar-refractivity contribution < 1.29 is 8.42 Å². The Hall–Kier alpha value is -0.620. The smallest absolute Gasteiger partial charge is 0.244 e. The molecule has 0 bridgehead atoms. The van der Waals surface area contributed by atoms with Crippen molar-refractivity contribution in [3.05, 3.63) is 28.8 Å². The van der Waals surface area contributed by atoms with E-state index in [1.165, 1.54) is 4.31 Å². The van der Waals surface area contributed by atoms with Crippen LogP contribution in [0, 0.1) is 0 Å². The Bertz CT molecular complexity index is 541. The van der Waals surface area contributed by atoms with Crippen LogP contribution in [0.3, 0.4) is 0 Å². The first kappa shape index (κ1) is 18.4. The number of hydrogen-bond acceptors (Lipinski definition) is 3. The lowest BCUT2D eigenvalue weighted by atomic mass is 10.2. The molecule has 1 aromatic rings. The molecular formula is C15H25ClN2O2S. The first-order valence-electron chi connectivity index (χ1n) is 7.46. The number of sulfonamides is 1. The molecule has 0 atom stereocenters. The molecule has 120 valence electrons. The van der Waals surface area contributed by atoms with Gasteiger partial charge in [0.05, 0.1) is 5.02 Å². The van der Waals surface area contributed by atoms with Crippen LogP contribution >= 0.6 is 11.6 Å². The zero-order chi connectivity index (χ0) is 15.9. The van der Waals surface area contributed by atoms with Crippen LogP contribution in [0.1, 0.15) is 39.2 Å². The molecule has 1 N–H and O–H groups in total. The lowest BCUT2D eigenvalue weighted by Crippen LogP contribution is -2.32. The summed E-state index contributed by atoms with van der Waals surface area (Å²) in [6.07, 6.45) is 1.57. The molecule has 0 amide bonds. The summed E-state index contributed by atoms with van der Waals surface area (Å²) in [5, 5.41) is 3.48. The van der Waals surface area contributed by atoms with Crippen LogP contribution in [0.5, 0.6) is 0 Å². The highest BCUT2D eigenvalue weighted by Gasteiger charge is 2.25. The van der Waals surface area contributed by atoms with Crippen LogP contribution in [-0.4, -0.2) is 32.4 Å². The Morgan fingerprint density at radius 3 is 2.29 bits per heavy atom. The molecule has 0 radical (unpaired) electrons. The van der Waals surface area contributed by atoms with Crippen molar-refractivity contribution in [1.29, 1.82) is 0 Å². The van der Waals surface area contributed by atoms with Crippen LogP contribution in [-0.2, 0) is 16.6 Å². The van der Waals surface area contributed by atoms with Crippen LogP contribution in [0.4, 0.5) is 0 Å². The second-order valence-corrected chi connectivity index (χ2v) is 7.26. The van der Waals surface area contributed by atoms with E-state index in [1.807, 2.05) is 26.8 Å². The van der Waals surface area contributed by atoms with Gasteiger partial charge in [-0.1, -0.05) is 38.4 Å². The predicted molar refractivity (Wildman–Crippen MR) is 88.2 cm³/mol. The molecule has 0 aliphatic heterocycles. The maximum absolute atomic E-state index is 12.8. The molecular weight excluding hydrogens is 308 g/mol. The lowest BCUT2D eigenvalue weighted by molar-refractivity contribution is 0.410. The van der Waals surface area contributed by atoms with Crippen molar-refractivity contribution in [3.63, 3.8) is 0 Å². The van der Waals surface area contributed by atoms with Gasteiger partial charge in [-0.15, -0.1) is 0 Å². The molecule has 0 fully saturated rings. The van der Waals surface area contributed by atoms with Crippen LogP contribution in [0.25, 0.3) is 0 Å². The van der Waals surface area contributed by atoms with E-state index in [4.69, 9.17) is 11.6 Å². The standard InChI is InChI=1S/C15H25ClN2O2S/c1-4-9-18(10-5-2)21(19,20)15-11-13(12-17-6-3)7-8-14(15)16/h7-8,11,17H,4-6,9-10,12H2,1-3H3. The maximum atomic E-state index is 12.8. The van der Waals surface area contributed by atoms with E-state index in [-0.39, 0.29) is 9.92 Å². The van der Waals surface area contributed by atoms with E-state index < -0.39 is 10.0 Å². The van der Waals surface area contributed by atoms with E-state index in [1.54, 1.807) is 12.1 Å². The first-order chi connectivity index (χ1) is 9.97. The van der Waals surface area contributed by atoms with Crippen molar-refractivity contribution in [1.82, 2.24) is 9.62 Å². The summed E-state index contributed by atoms with van der Waals surface area (Å²) in [4.78, 5) is 0.210. The van der Waals surface area contributed by atoms with Crippen LogP contribution in [0.2, 0.25) is 5.02 Å². The van der Waals surface area contributed by atoms with Gasteiger partial charge in [-0.05, 0) is 37.1 Å². The molecule has 0 aliphatic rings. The van der Waals surface area contributed by atoms with Gasteiger partial charge in [-0.25, -0.2) is 8.42 Å². The topological polar surface area (TPSA) is 49.4 Å². The van der Waals surface area contributed by atoms with Gasteiger partial charge in [0.25, 0.3) is 0 Å². The normalized spacial score (nSPS) is 12.0. The Balaban J connectivity index is 3.15. The van der Waals surface area contributed by atoms with E-state index in [9.17, 15) is 8.42 Å². The SMILES string of the molecule is CCCN(CCC)S(=O)(=O)c1cc(CNCC)ccc1Cl. The molecule has 1 rings (SSSR count). The fourth-order valence-corrected chi connectivity index (χ4v) is 4.26. The molecule has 0 saturated carbocycles. The van der Waals surface area contributed by atoms with Gasteiger partial charge < -0.3 is 5.32 Å². The third kappa shape index (κ3) is 4.95. The van der Waals surface area contributed by atoms with Gasteiger partial charge in [-0.2, -0.15) is 4.31 Å². The summed E-state index contributed by atoms with van der Waals surface area (Å²) in [6, 6.07) is 5.20. The van der Waals surface area contributed by atoms with Gasteiger partial charge in [0.2, 0.25) is 10.0 Å². The van der Waals surface area contributed by atoms with Crippen LogP contribution in [0.15, 0.2) is 23.1 Å². The third-order valence-electron chi connectivity index (χ3n) is 3.14. The number of hydrogen-bond donors (Lipinski definition) is 1. The minimum Gasteiger partial charge on any atom is -0.313 e. The molecule has 1 aromatic carbocycles. The summed E-state index contributed by atoms with van der Waals surface area (Å²) in [6.45, 7) is 8.47. The summed E-state index contributed by atoms with van der Waals surface area (Å²) in [7, 11) is -3.53. The van der Waals surface area contributed by atoms with Gasteiger partial charge in [0.15, 0.2) is 0 Å². The summed E-state index contributed by atoms with van der Waals surface area (Å²) in [5.74, 6) is 0. The molecule has 21 heavy (non-hydrogen) atoms. The van der Waals surface area contributed by atoms with E-state index >= 15 is 0 Å². The molecule has 0 saturated heterocycles. The molecule has 0 spiro atoms. The zero-order valence-corrected chi connectivity index (χ0v) is 14.6. The third-order valence-corrected chi connectivity index (χ3v) is 5.52. The fourth-order valence-electron chi connectivity index (χ4n) is 2.11. The molecule has 0 aliphatic carbocycles. The van der Waals surface area contributed by atoms with E-state index in [2.05, 4.69) is 5.32 Å². The Morgan fingerprint density at radius 2 is 1.76 bits per heavy atom. The van der Waals surface area contributed by atoms with E-state index in [0.717, 1.165) is 24.9 Å². The van der Waals surface area contributed by atoms with Crippen molar-refractivity contribution in [2.24, 2.45) is 0 Å². The molecule has 4 nitrogen and oxygen atoms in total. The van der Waals surface area contributed by atoms with Gasteiger partial charge in [0, 0.05) is 19.6 Å². The summed E-state index contributed by atoms with van der Waals surface area (Å²) < 4.78 is 27.1. The summed E-state index contributed by atoms with van der Waals surface area (Å²) >= 11 is 6.13. The summed E-state index contributed by atoms with van der Waals surface area (Å²) in [5.41, 5.74) is 0.924. The largest absolute Gasteiger partial charge is 0.313 e. The molecule has 0 aromatic heterocycles. The number of nitrogens with one attached hydrogen (secondary N) is 1. The highest BCUT2D eigenvalue weighted by atomic mass is 35.5. The number of halogens is 1. The average molecular weight is 333 g/mol. The zero-order valence-electron chi connectivity index (χ0n) is 13.0.